The monoisotopic (exact) mass is 374 g/mol. The number of rotatable bonds is 4. The highest BCUT2D eigenvalue weighted by molar-refractivity contribution is 6.02. The van der Waals surface area contributed by atoms with Crippen molar-refractivity contribution in [3.8, 4) is 22.6 Å². The van der Waals surface area contributed by atoms with Crippen LogP contribution >= 0.6 is 0 Å². The van der Waals surface area contributed by atoms with Crippen LogP contribution in [0.5, 0.6) is 11.5 Å². The number of nitrogens with zero attached hydrogens (tertiary/aromatic N) is 2. The first-order chi connectivity index (χ1) is 13.0. The Morgan fingerprint density at radius 3 is 2.48 bits per heavy atom. The van der Waals surface area contributed by atoms with E-state index in [1.807, 2.05) is 18.7 Å². The van der Waals surface area contributed by atoms with Gasteiger partial charge in [0.15, 0.2) is 29.0 Å². The third-order valence-corrected chi connectivity index (χ3v) is 4.74. The lowest BCUT2D eigenvalue weighted by molar-refractivity contribution is 0.174. The predicted octanol–water partition coefficient (Wildman–Crippen LogP) is 4.89. The van der Waals surface area contributed by atoms with Crippen molar-refractivity contribution in [2.75, 3.05) is 24.8 Å². The molecule has 0 atom stereocenters. The highest BCUT2D eigenvalue weighted by Gasteiger charge is 2.23. The highest BCUT2D eigenvalue weighted by atomic mass is 19.2. The van der Waals surface area contributed by atoms with Gasteiger partial charge in [0.1, 0.15) is 5.82 Å². The Morgan fingerprint density at radius 2 is 1.74 bits per heavy atom. The maximum absolute atomic E-state index is 14.8. The van der Waals surface area contributed by atoms with Crippen molar-refractivity contribution in [2.24, 2.45) is 0 Å². The molecule has 0 aliphatic carbocycles. The lowest BCUT2D eigenvalue weighted by Gasteiger charge is -2.23. The van der Waals surface area contributed by atoms with Crippen molar-refractivity contribution < 1.29 is 22.6 Å². The SMILES string of the molecule is CCN(CC)c1ncc(-c2ccc3c(c2)OCO3)c2c(F)c(F)c(F)cc12. The lowest BCUT2D eigenvalue weighted by atomic mass is 9.99. The first-order valence-corrected chi connectivity index (χ1v) is 8.66. The van der Waals surface area contributed by atoms with Crippen LogP contribution in [0.25, 0.3) is 21.9 Å². The molecule has 1 aliphatic rings. The van der Waals surface area contributed by atoms with Crippen molar-refractivity contribution in [3.63, 3.8) is 0 Å². The molecule has 2 aromatic carbocycles. The number of pyridine rings is 1. The van der Waals surface area contributed by atoms with Gasteiger partial charge >= 0.3 is 0 Å². The van der Waals surface area contributed by atoms with E-state index in [0.717, 1.165) is 6.07 Å². The van der Waals surface area contributed by atoms with Gasteiger partial charge in [0.2, 0.25) is 6.79 Å². The molecular formula is C20H17F3N2O2. The smallest absolute Gasteiger partial charge is 0.231 e. The van der Waals surface area contributed by atoms with Gasteiger partial charge in [-0.05, 0) is 37.6 Å². The topological polar surface area (TPSA) is 34.6 Å². The minimum absolute atomic E-state index is 0.00957. The van der Waals surface area contributed by atoms with E-state index in [1.54, 1.807) is 18.2 Å². The molecule has 0 fully saturated rings. The van der Waals surface area contributed by atoms with E-state index >= 15 is 0 Å². The van der Waals surface area contributed by atoms with E-state index in [4.69, 9.17) is 9.47 Å². The molecule has 7 heteroatoms. The summed E-state index contributed by atoms with van der Waals surface area (Å²) in [6.07, 6.45) is 1.48. The van der Waals surface area contributed by atoms with E-state index in [0.29, 0.717) is 41.5 Å². The van der Waals surface area contributed by atoms with Crippen LogP contribution in [0.4, 0.5) is 19.0 Å². The average molecular weight is 374 g/mol. The van der Waals surface area contributed by atoms with Crippen molar-refractivity contribution >= 4 is 16.6 Å². The van der Waals surface area contributed by atoms with Crippen molar-refractivity contribution in [2.45, 2.75) is 13.8 Å². The number of halogens is 3. The van der Waals surface area contributed by atoms with E-state index < -0.39 is 17.5 Å². The van der Waals surface area contributed by atoms with Crippen LogP contribution in [0.1, 0.15) is 13.8 Å². The molecule has 4 rings (SSSR count). The molecule has 0 unspecified atom stereocenters. The third-order valence-electron chi connectivity index (χ3n) is 4.74. The maximum Gasteiger partial charge on any atom is 0.231 e. The van der Waals surface area contributed by atoms with Gasteiger partial charge in [0, 0.05) is 35.6 Å². The van der Waals surface area contributed by atoms with Crippen LogP contribution in [0, 0.1) is 17.5 Å². The Morgan fingerprint density at radius 1 is 1.00 bits per heavy atom. The second kappa shape index (κ2) is 6.64. The van der Waals surface area contributed by atoms with Crippen LogP contribution < -0.4 is 14.4 Å². The van der Waals surface area contributed by atoms with Gasteiger partial charge in [-0.25, -0.2) is 18.2 Å². The predicted molar refractivity (Wildman–Crippen MR) is 96.7 cm³/mol. The average Bonchev–Trinajstić information content (AvgIpc) is 3.15. The molecule has 0 bridgehead atoms. The molecule has 0 N–H and O–H groups in total. The Bertz CT molecular complexity index is 1040. The molecule has 0 saturated carbocycles. The van der Waals surface area contributed by atoms with Crippen LogP contribution in [0.15, 0.2) is 30.5 Å². The van der Waals surface area contributed by atoms with Crippen LogP contribution in [0.3, 0.4) is 0 Å². The van der Waals surface area contributed by atoms with Gasteiger partial charge < -0.3 is 14.4 Å². The summed E-state index contributed by atoms with van der Waals surface area (Å²) in [5.41, 5.74) is 0.934. The van der Waals surface area contributed by atoms with E-state index in [-0.39, 0.29) is 17.6 Å². The second-order valence-electron chi connectivity index (χ2n) is 6.14. The fraction of sp³-hybridized carbons (Fsp3) is 0.250. The normalized spacial score (nSPS) is 12.6. The van der Waals surface area contributed by atoms with E-state index in [2.05, 4.69) is 4.98 Å². The lowest BCUT2D eigenvalue weighted by Crippen LogP contribution is -2.23. The molecular weight excluding hydrogens is 357 g/mol. The minimum Gasteiger partial charge on any atom is -0.454 e. The molecule has 140 valence electrons. The Labute approximate surface area is 154 Å². The number of hydrogen-bond donors (Lipinski definition) is 0. The maximum atomic E-state index is 14.8. The zero-order valence-electron chi connectivity index (χ0n) is 14.9. The zero-order valence-corrected chi connectivity index (χ0v) is 14.9. The molecule has 0 saturated heterocycles. The fourth-order valence-corrected chi connectivity index (χ4v) is 3.35. The number of hydrogen-bond acceptors (Lipinski definition) is 4. The molecule has 1 aromatic heterocycles. The summed E-state index contributed by atoms with van der Waals surface area (Å²) >= 11 is 0. The van der Waals surface area contributed by atoms with Crippen LogP contribution in [0.2, 0.25) is 0 Å². The molecule has 0 radical (unpaired) electrons. The summed E-state index contributed by atoms with van der Waals surface area (Å²) < 4.78 is 53.5. The highest BCUT2D eigenvalue weighted by Crippen LogP contribution is 2.40. The van der Waals surface area contributed by atoms with Gasteiger partial charge in [0.25, 0.3) is 0 Å². The quantitative estimate of drug-likeness (QED) is 0.609. The molecule has 4 nitrogen and oxygen atoms in total. The van der Waals surface area contributed by atoms with Gasteiger partial charge in [-0.3, -0.25) is 0 Å². The number of anilines is 1. The van der Waals surface area contributed by atoms with Gasteiger partial charge in [0.05, 0.1) is 0 Å². The van der Waals surface area contributed by atoms with Gasteiger partial charge in [-0.1, -0.05) is 6.07 Å². The van der Waals surface area contributed by atoms with E-state index in [1.165, 1.54) is 6.20 Å². The third kappa shape index (κ3) is 2.74. The molecule has 27 heavy (non-hydrogen) atoms. The fourth-order valence-electron chi connectivity index (χ4n) is 3.35. The number of fused-ring (bicyclic) bond motifs is 2. The summed E-state index contributed by atoms with van der Waals surface area (Å²) in [5.74, 6) is -2.46. The summed E-state index contributed by atoms with van der Waals surface area (Å²) in [7, 11) is 0. The standard InChI is InChI=1S/C20H17F3N2O2/c1-3-25(4-2)20-12-8-14(21)18(22)19(23)17(12)13(9-24-20)11-5-6-15-16(7-11)27-10-26-15/h5-9H,3-4,10H2,1-2H3. The molecule has 3 aromatic rings. The Hall–Kier alpha value is -2.96. The number of aromatic nitrogens is 1. The molecule has 0 spiro atoms. The van der Waals surface area contributed by atoms with Gasteiger partial charge in [-0.2, -0.15) is 0 Å². The number of ether oxygens (including phenoxy) is 2. The van der Waals surface area contributed by atoms with Crippen molar-refractivity contribution in [3.05, 3.63) is 47.9 Å². The summed E-state index contributed by atoms with van der Waals surface area (Å²) in [5, 5.41) is 0.218. The zero-order chi connectivity index (χ0) is 19.1. The largest absolute Gasteiger partial charge is 0.454 e. The van der Waals surface area contributed by atoms with E-state index in [9.17, 15) is 13.2 Å². The molecule has 2 heterocycles. The first kappa shape index (κ1) is 17.5. The van der Waals surface area contributed by atoms with Crippen LogP contribution in [-0.2, 0) is 0 Å². The minimum atomic E-state index is -1.50. The van der Waals surface area contributed by atoms with Crippen molar-refractivity contribution in [1.82, 2.24) is 4.98 Å². The first-order valence-electron chi connectivity index (χ1n) is 8.66. The Balaban J connectivity index is 2.02. The number of benzene rings is 2. The van der Waals surface area contributed by atoms with Crippen molar-refractivity contribution in [1.29, 1.82) is 0 Å². The molecule has 0 amide bonds. The van der Waals surface area contributed by atoms with Gasteiger partial charge in [-0.15, -0.1) is 0 Å². The summed E-state index contributed by atoms with van der Waals surface area (Å²) in [4.78, 5) is 6.29. The summed E-state index contributed by atoms with van der Waals surface area (Å²) in [6.45, 7) is 5.13. The Kier molecular flexibility index (Phi) is 4.30. The summed E-state index contributed by atoms with van der Waals surface area (Å²) in [6, 6.07) is 6.09. The van der Waals surface area contributed by atoms with Crippen LogP contribution in [-0.4, -0.2) is 24.9 Å². The molecule has 1 aliphatic heterocycles. The second-order valence-corrected chi connectivity index (χ2v) is 6.14.